The summed E-state index contributed by atoms with van der Waals surface area (Å²) in [4.78, 5) is 0.919. The Bertz CT molecular complexity index is 394. The standard InChI is InChI=1S/C7H6N2S2/c8-7-5-2-1-4(10)3-6(5)9-11-7/h1-3,10H,8H2. The van der Waals surface area contributed by atoms with Gasteiger partial charge in [-0.05, 0) is 29.7 Å². The molecule has 2 rings (SSSR count). The highest BCUT2D eigenvalue weighted by Gasteiger charge is 2.00. The van der Waals surface area contributed by atoms with Crippen LogP contribution in [0.3, 0.4) is 0 Å². The lowest BCUT2D eigenvalue weighted by atomic mass is 10.2. The molecule has 0 atom stereocenters. The van der Waals surface area contributed by atoms with Gasteiger partial charge in [-0.1, -0.05) is 0 Å². The number of aromatic nitrogens is 1. The lowest BCUT2D eigenvalue weighted by Crippen LogP contribution is -1.77. The van der Waals surface area contributed by atoms with Crippen molar-refractivity contribution in [2.45, 2.75) is 4.90 Å². The summed E-state index contributed by atoms with van der Waals surface area (Å²) in [6, 6.07) is 5.76. The molecular weight excluding hydrogens is 176 g/mol. The first-order valence-corrected chi connectivity index (χ1v) is 4.33. The molecule has 0 saturated heterocycles. The number of thiol groups is 1. The number of fused-ring (bicyclic) bond motifs is 1. The van der Waals surface area contributed by atoms with Gasteiger partial charge in [0.1, 0.15) is 5.00 Å². The largest absolute Gasteiger partial charge is 0.389 e. The molecule has 1 heterocycles. The first-order chi connectivity index (χ1) is 5.27. The van der Waals surface area contributed by atoms with E-state index in [2.05, 4.69) is 17.0 Å². The van der Waals surface area contributed by atoms with Crippen LogP contribution in [-0.4, -0.2) is 4.37 Å². The van der Waals surface area contributed by atoms with Crippen LogP contribution in [-0.2, 0) is 0 Å². The molecule has 1 aromatic heterocycles. The Labute approximate surface area is 73.6 Å². The van der Waals surface area contributed by atoms with Crippen molar-refractivity contribution in [2.75, 3.05) is 5.73 Å². The molecule has 56 valence electrons. The highest BCUT2D eigenvalue weighted by Crippen LogP contribution is 2.25. The van der Waals surface area contributed by atoms with Crippen LogP contribution in [0.4, 0.5) is 5.00 Å². The number of hydrogen-bond acceptors (Lipinski definition) is 4. The number of benzene rings is 1. The Morgan fingerprint density at radius 1 is 1.45 bits per heavy atom. The zero-order chi connectivity index (χ0) is 7.84. The third-order valence-electron chi connectivity index (χ3n) is 1.49. The van der Waals surface area contributed by atoms with Crippen molar-refractivity contribution >= 4 is 40.1 Å². The summed E-state index contributed by atoms with van der Waals surface area (Å²) in [6.45, 7) is 0. The maximum Gasteiger partial charge on any atom is 0.114 e. The summed E-state index contributed by atoms with van der Waals surface area (Å²) in [5.41, 5.74) is 6.59. The first-order valence-electron chi connectivity index (χ1n) is 3.11. The molecule has 2 aromatic rings. The molecule has 2 N–H and O–H groups in total. The predicted molar refractivity (Wildman–Crippen MR) is 51.3 cm³/mol. The van der Waals surface area contributed by atoms with Crippen molar-refractivity contribution in [3.63, 3.8) is 0 Å². The van der Waals surface area contributed by atoms with E-state index in [1.165, 1.54) is 11.5 Å². The van der Waals surface area contributed by atoms with E-state index < -0.39 is 0 Å². The van der Waals surface area contributed by atoms with Crippen molar-refractivity contribution in [3.8, 4) is 0 Å². The van der Waals surface area contributed by atoms with Gasteiger partial charge < -0.3 is 5.73 Å². The van der Waals surface area contributed by atoms with Gasteiger partial charge in [0, 0.05) is 10.3 Å². The summed E-state index contributed by atoms with van der Waals surface area (Å²) in [5, 5.41) is 1.79. The molecule has 0 amide bonds. The van der Waals surface area contributed by atoms with Crippen LogP contribution in [0.25, 0.3) is 10.9 Å². The van der Waals surface area contributed by atoms with E-state index in [4.69, 9.17) is 5.73 Å². The van der Waals surface area contributed by atoms with Crippen molar-refractivity contribution in [1.29, 1.82) is 0 Å². The molecular formula is C7H6N2S2. The van der Waals surface area contributed by atoms with Crippen molar-refractivity contribution < 1.29 is 0 Å². The van der Waals surface area contributed by atoms with Gasteiger partial charge >= 0.3 is 0 Å². The second-order valence-corrected chi connectivity index (χ2v) is 3.57. The fourth-order valence-corrected chi connectivity index (χ4v) is 1.77. The molecule has 0 spiro atoms. The van der Waals surface area contributed by atoms with Gasteiger partial charge in [0.2, 0.25) is 0 Å². The van der Waals surface area contributed by atoms with Crippen LogP contribution in [0.2, 0.25) is 0 Å². The maximum atomic E-state index is 5.66. The Morgan fingerprint density at radius 2 is 2.27 bits per heavy atom. The highest BCUT2D eigenvalue weighted by molar-refractivity contribution is 7.80. The van der Waals surface area contributed by atoms with Crippen LogP contribution in [0.1, 0.15) is 0 Å². The number of hydrogen-bond donors (Lipinski definition) is 2. The average molecular weight is 182 g/mol. The number of rotatable bonds is 0. The number of anilines is 1. The van der Waals surface area contributed by atoms with E-state index in [-0.39, 0.29) is 0 Å². The molecule has 0 fully saturated rings. The van der Waals surface area contributed by atoms with E-state index in [1.54, 1.807) is 0 Å². The third-order valence-corrected chi connectivity index (χ3v) is 2.47. The molecule has 11 heavy (non-hydrogen) atoms. The van der Waals surface area contributed by atoms with E-state index in [1.807, 2.05) is 18.2 Å². The first kappa shape index (κ1) is 6.94. The van der Waals surface area contributed by atoms with Gasteiger partial charge in [0.05, 0.1) is 5.52 Å². The lowest BCUT2D eigenvalue weighted by Gasteiger charge is -1.90. The van der Waals surface area contributed by atoms with Crippen molar-refractivity contribution in [2.24, 2.45) is 0 Å². The van der Waals surface area contributed by atoms with Gasteiger partial charge in [-0.2, -0.15) is 4.37 Å². The van der Waals surface area contributed by atoms with Gasteiger partial charge in [-0.15, -0.1) is 12.6 Å². The summed E-state index contributed by atoms with van der Waals surface area (Å²) >= 11 is 5.51. The molecule has 4 heteroatoms. The summed E-state index contributed by atoms with van der Waals surface area (Å²) in [7, 11) is 0. The molecule has 0 aliphatic rings. The molecule has 0 aliphatic heterocycles. The number of nitrogens with two attached hydrogens (primary N) is 1. The summed E-state index contributed by atoms with van der Waals surface area (Å²) in [6.07, 6.45) is 0. The van der Waals surface area contributed by atoms with Crippen LogP contribution >= 0.6 is 24.2 Å². The Kier molecular flexibility index (Phi) is 1.51. The van der Waals surface area contributed by atoms with E-state index in [9.17, 15) is 0 Å². The number of nitrogen functional groups attached to an aromatic ring is 1. The summed E-state index contributed by atoms with van der Waals surface area (Å²) in [5.74, 6) is 0. The Hall–Kier alpha value is -0.740. The Balaban J connectivity index is 2.86. The normalized spacial score (nSPS) is 10.6. The SMILES string of the molecule is Nc1snc2cc(S)ccc12. The molecule has 1 aromatic carbocycles. The zero-order valence-electron chi connectivity index (χ0n) is 5.61. The smallest absolute Gasteiger partial charge is 0.114 e. The minimum atomic E-state index is 0.772. The van der Waals surface area contributed by atoms with Crippen molar-refractivity contribution in [3.05, 3.63) is 18.2 Å². The van der Waals surface area contributed by atoms with E-state index in [0.717, 1.165) is 20.8 Å². The monoisotopic (exact) mass is 182 g/mol. The lowest BCUT2D eigenvalue weighted by molar-refractivity contribution is 1.50. The van der Waals surface area contributed by atoms with Crippen LogP contribution in [0.15, 0.2) is 23.1 Å². The van der Waals surface area contributed by atoms with E-state index in [0.29, 0.717) is 0 Å². The van der Waals surface area contributed by atoms with E-state index >= 15 is 0 Å². The zero-order valence-corrected chi connectivity index (χ0v) is 7.32. The third kappa shape index (κ3) is 1.08. The van der Waals surface area contributed by atoms with Crippen LogP contribution in [0, 0.1) is 0 Å². The average Bonchev–Trinajstić information content (AvgIpc) is 2.32. The molecule has 2 nitrogen and oxygen atoms in total. The molecule has 0 saturated carbocycles. The fourth-order valence-electron chi connectivity index (χ4n) is 0.951. The minimum Gasteiger partial charge on any atom is -0.389 e. The van der Waals surface area contributed by atoms with Crippen LogP contribution < -0.4 is 5.73 Å². The maximum absolute atomic E-state index is 5.66. The molecule has 0 unspecified atom stereocenters. The minimum absolute atomic E-state index is 0.772. The second kappa shape index (κ2) is 2.39. The van der Waals surface area contributed by atoms with Gasteiger partial charge in [-0.25, -0.2) is 0 Å². The number of nitrogens with zero attached hydrogens (tertiary/aromatic N) is 1. The van der Waals surface area contributed by atoms with Crippen LogP contribution in [0.5, 0.6) is 0 Å². The highest BCUT2D eigenvalue weighted by atomic mass is 32.1. The molecule has 0 aliphatic carbocycles. The van der Waals surface area contributed by atoms with Crippen molar-refractivity contribution in [1.82, 2.24) is 4.37 Å². The predicted octanol–water partition coefficient (Wildman–Crippen LogP) is 2.17. The Morgan fingerprint density at radius 3 is 3.09 bits per heavy atom. The molecule has 0 bridgehead atoms. The molecule has 0 radical (unpaired) electrons. The summed E-state index contributed by atoms with van der Waals surface area (Å²) < 4.78 is 4.15. The second-order valence-electron chi connectivity index (χ2n) is 2.25. The quantitative estimate of drug-likeness (QED) is 0.613. The topological polar surface area (TPSA) is 38.9 Å². The van der Waals surface area contributed by atoms with Gasteiger partial charge in [0.15, 0.2) is 0 Å². The fraction of sp³-hybridized carbons (Fsp3) is 0. The van der Waals surface area contributed by atoms with Gasteiger partial charge in [0.25, 0.3) is 0 Å². The van der Waals surface area contributed by atoms with Gasteiger partial charge in [-0.3, -0.25) is 0 Å².